The van der Waals surface area contributed by atoms with Crippen LogP contribution in [0.3, 0.4) is 0 Å². The number of ether oxygens (including phenoxy) is 1. The Kier molecular flexibility index (Phi) is 4.32. The van der Waals surface area contributed by atoms with Crippen molar-refractivity contribution in [2.24, 2.45) is 0 Å². The molecule has 0 bridgehead atoms. The standard InChI is InChI=1S/C12H20N2OS/c1-9(2)11-7-14-12(16-11)8-13-6-10-4-3-5-15-10/h7,9-10,13H,3-6,8H2,1-2H3. The first-order chi connectivity index (χ1) is 7.75. The van der Waals surface area contributed by atoms with E-state index in [2.05, 4.69) is 24.1 Å². The molecular formula is C12H20N2OS. The van der Waals surface area contributed by atoms with Crippen molar-refractivity contribution in [3.63, 3.8) is 0 Å². The Morgan fingerprint density at radius 2 is 2.50 bits per heavy atom. The summed E-state index contributed by atoms with van der Waals surface area (Å²) in [6, 6.07) is 0. The fraction of sp³-hybridized carbons (Fsp3) is 0.750. The summed E-state index contributed by atoms with van der Waals surface area (Å²) in [6.07, 6.45) is 4.83. The molecule has 1 atom stereocenters. The van der Waals surface area contributed by atoms with E-state index >= 15 is 0 Å². The Bertz CT molecular complexity index is 319. The molecule has 3 nitrogen and oxygen atoms in total. The van der Waals surface area contributed by atoms with E-state index in [0.29, 0.717) is 12.0 Å². The summed E-state index contributed by atoms with van der Waals surface area (Å²) in [5, 5.41) is 4.60. The third-order valence-electron chi connectivity index (χ3n) is 2.81. The molecule has 1 N–H and O–H groups in total. The van der Waals surface area contributed by atoms with Gasteiger partial charge in [0.15, 0.2) is 0 Å². The highest BCUT2D eigenvalue weighted by Gasteiger charge is 2.14. The van der Waals surface area contributed by atoms with Gasteiger partial charge in [0.25, 0.3) is 0 Å². The SMILES string of the molecule is CC(C)c1cnc(CNCC2CCCO2)s1. The molecule has 0 spiro atoms. The summed E-state index contributed by atoms with van der Waals surface area (Å²) in [7, 11) is 0. The van der Waals surface area contributed by atoms with E-state index in [0.717, 1.165) is 19.7 Å². The zero-order valence-corrected chi connectivity index (χ0v) is 10.8. The van der Waals surface area contributed by atoms with Crippen LogP contribution in [0.5, 0.6) is 0 Å². The minimum absolute atomic E-state index is 0.421. The summed E-state index contributed by atoms with van der Waals surface area (Å²) in [6.45, 7) is 7.17. The number of hydrogen-bond acceptors (Lipinski definition) is 4. The molecule has 1 aromatic heterocycles. The van der Waals surface area contributed by atoms with Crippen LogP contribution in [0.1, 0.15) is 42.5 Å². The molecular weight excluding hydrogens is 220 g/mol. The molecule has 16 heavy (non-hydrogen) atoms. The normalized spacial score (nSPS) is 20.8. The highest BCUT2D eigenvalue weighted by molar-refractivity contribution is 7.11. The highest BCUT2D eigenvalue weighted by Crippen LogP contribution is 2.21. The second-order valence-corrected chi connectivity index (χ2v) is 5.72. The second kappa shape index (κ2) is 5.75. The van der Waals surface area contributed by atoms with Crippen molar-refractivity contribution >= 4 is 11.3 Å². The number of thiazole rings is 1. The van der Waals surface area contributed by atoms with Gasteiger partial charge in [-0.1, -0.05) is 13.8 Å². The van der Waals surface area contributed by atoms with Crippen LogP contribution >= 0.6 is 11.3 Å². The fourth-order valence-corrected chi connectivity index (χ4v) is 2.71. The second-order valence-electron chi connectivity index (χ2n) is 4.58. The van der Waals surface area contributed by atoms with Crippen molar-refractivity contribution in [3.8, 4) is 0 Å². The lowest BCUT2D eigenvalue weighted by atomic mass is 10.2. The van der Waals surface area contributed by atoms with Crippen LogP contribution in [0.15, 0.2) is 6.20 Å². The largest absolute Gasteiger partial charge is 0.377 e. The van der Waals surface area contributed by atoms with E-state index in [9.17, 15) is 0 Å². The maximum atomic E-state index is 5.55. The van der Waals surface area contributed by atoms with Gasteiger partial charge in [0.1, 0.15) is 5.01 Å². The summed E-state index contributed by atoms with van der Waals surface area (Å²) in [5.74, 6) is 0.587. The van der Waals surface area contributed by atoms with Crippen LogP contribution in [-0.4, -0.2) is 24.2 Å². The van der Waals surface area contributed by atoms with Gasteiger partial charge < -0.3 is 10.1 Å². The molecule has 0 amide bonds. The Morgan fingerprint density at radius 1 is 1.62 bits per heavy atom. The van der Waals surface area contributed by atoms with E-state index in [1.807, 2.05) is 17.5 Å². The zero-order valence-electron chi connectivity index (χ0n) is 10.0. The van der Waals surface area contributed by atoms with Gasteiger partial charge in [0.05, 0.1) is 6.10 Å². The van der Waals surface area contributed by atoms with Crippen molar-refractivity contribution in [2.45, 2.75) is 45.3 Å². The molecule has 1 unspecified atom stereocenters. The molecule has 1 aromatic rings. The van der Waals surface area contributed by atoms with E-state index in [-0.39, 0.29) is 0 Å². The van der Waals surface area contributed by atoms with Crippen LogP contribution in [0.4, 0.5) is 0 Å². The Balaban J connectivity index is 1.72. The van der Waals surface area contributed by atoms with Gasteiger partial charge in [0.2, 0.25) is 0 Å². The fourth-order valence-electron chi connectivity index (χ4n) is 1.82. The Morgan fingerprint density at radius 3 is 3.12 bits per heavy atom. The van der Waals surface area contributed by atoms with Crippen LogP contribution in [0.2, 0.25) is 0 Å². The quantitative estimate of drug-likeness (QED) is 0.859. The topological polar surface area (TPSA) is 34.2 Å². The lowest BCUT2D eigenvalue weighted by Crippen LogP contribution is -2.25. The summed E-state index contributed by atoms with van der Waals surface area (Å²) in [5.41, 5.74) is 0. The predicted molar refractivity (Wildman–Crippen MR) is 66.9 cm³/mol. The average Bonchev–Trinajstić information content (AvgIpc) is 2.87. The summed E-state index contributed by atoms with van der Waals surface area (Å²) >= 11 is 1.81. The summed E-state index contributed by atoms with van der Waals surface area (Å²) in [4.78, 5) is 5.79. The summed E-state index contributed by atoms with van der Waals surface area (Å²) < 4.78 is 5.55. The minimum Gasteiger partial charge on any atom is -0.377 e. The van der Waals surface area contributed by atoms with Crippen molar-refractivity contribution in [3.05, 3.63) is 16.1 Å². The van der Waals surface area contributed by atoms with Crippen molar-refractivity contribution in [1.82, 2.24) is 10.3 Å². The number of aromatic nitrogens is 1. The van der Waals surface area contributed by atoms with Crippen LogP contribution in [0, 0.1) is 0 Å². The first-order valence-electron chi connectivity index (χ1n) is 6.02. The average molecular weight is 240 g/mol. The molecule has 1 aliphatic rings. The molecule has 2 heterocycles. The Labute approximate surface area is 101 Å². The first-order valence-corrected chi connectivity index (χ1v) is 6.84. The Hall–Kier alpha value is -0.450. The van der Waals surface area contributed by atoms with Crippen LogP contribution in [-0.2, 0) is 11.3 Å². The molecule has 1 fully saturated rings. The van der Waals surface area contributed by atoms with Gasteiger partial charge in [-0.15, -0.1) is 11.3 Å². The van der Waals surface area contributed by atoms with E-state index in [1.165, 1.54) is 22.7 Å². The molecule has 2 rings (SSSR count). The monoisotopic (exact) mass is 240 g/mol. The van der Waals surface area contributed by atoms with Crippen molar-refractivity contribution < 1.29 is 4.74 Å². The van der Waals surface area contributed by atoms with Crippen molar-refractivity contribution in [2.75, 3.05) is 13.2 Å². The molecule has 90 valence electrons. The number of nitrogens with zero attached hydrogens (tertiary/aromatic N) is 1. The van der Waals surface area contributed by atoms with Gasteiger partial charge in [-0.05, 0) is 18.8 Å². The van der Waals surface area contributed by atoms with Gasteiger partial charge in [0, 0.05) is 30.8 Å². The molecule has 0 aromatic carbocycles. The lowest BCUT2D eigenvalue weighted by Gasteiger charge is -2.09. The van der Waals surface area contributed by atoms with Crippen LogP contribution < -0.4 is 5.32 Å². The van der Waals surface area contributed by atoms with E-state index in [4.69, 9.17) is 4.74 Å². The van der Waals surface area contributed by atoms with Gasteiger partial charge in [-0.2, -0.15) is 0 Å². The smallest absolute Gasteiger partial charge is 0.107 e. The maximum absolute atomic E-state index is 5.55. The van der Waals surface area contributed by atoms with E-state index in [1.54, 1.807) is 0 Å². The molecule has 4 heteroatoms. The molecule has 1 aliphatic heterocycles. The molecule has 1 saturated heterocycles. The minimum atomic E-state index is 0.421. The van der Waals surface area contributed by atoms with Gasteiger partial charge >= 0.3 is 0 Å². The van der Waals surface area contributed by atoms with Gasteiger partial charge in [-0.25, -0.2) is 4.98 Å². The number of nitrogens with one attached hydrogen (secondary N) is 1. The van der Waals surface area contributed by atoms with Crippen molar-refractivity contribution in [1.29, 1.82) is 0 Å². The number of hydrogen-bond donors (Lipinski definition) is 1. The molecule has 0 radical (unpaired) electrons. The maximum Gasteiger partial charge on any atom is 0.107 e. The van der Waals surface area contributed by atoms with Crippen LogP contribution in [0.25, 0.3) is 0 Å². The zero-order chi connectivity index (χ0) is 11.4. The number of rotatable bonds is 5. The van der Waals surface area contributed by atoms with Gasteiger partial charge in [-0.3, -0.25) is 0 Å². The lowest BCUT2D eigenvalue weighted by molar-refractivity contribution is 0.110. The highest BCUT2D eigenvalue weighted by atomic mass is 32.1. The van der Waals surface area contributed by atoms with E-state index < -0.39 is 0 Å². The molecule has 0 aliphatic carbocycles. The third kappa shape index (κ3) is 3.27. The molecule has 0 saturated carbocycles. The predicted octanol–water partition coefficient (Wildman–Crippen LogP) is 2.54. The third-order valence-corrected chi connectivity index (χ3v) is 4.11. The first kappa shape index (κ1) is 12.0.